The van der Waals surface area contributed by atoms with Gasteiger partial charge in [-0.3, -0.25) is 9.36 Å². The van der Waals surface area contributed by atoms with Crippen LogP contribution in [0, 0.1) is 11.3 Å². The van der Waals surface area contributed by atoms with Crippen LogP contribution in [-0.2, 0) is 16.1 Å². The van der Waals surface area contributed by atoms with Gasteiger partial charge in [-0.15, -0.1) is 0 Å². The second kappa shape index (κ2) is 13.0. The van der Waals surface area contributed by atoms with Crippen LogP contribution in [0.4, 0.5) is 5.69 Å². The number of thiazole rings is 1. The topological polar surface area (TPSA) is 106 Å². The molecule has 0 saturated heterocycles. The highest BCUT2D eigenvalue weighted by Gasteiger charge is 2.33. The van der Waals surface area contributed by atoms with Gasteiger partial charge in [0.05, 0.1) is 47.2 Å². The molecule has 1 atom stereocenters. The fourth-order valence-corrected chi connectivity index (χ4v) is 6.06. The Morgan fingerprint density at radius 2 is 1.86 bits per heavy atom. The Morgan fingerprint density at radius 1 is 1.11 bits per heavy atom. The lowest BCUT2D eigenvalue weighted by molar-refractivity contribution is -0.139. The van der Waals surface area contributed by atoms with Crippen molar-refractivity contribution in [3.05, 3.63) is 120 Å². The predicted octanol–water partition coefficient (Wildman–Crippen LogP) is 4.32. The molecule has 0 saturated carbocycles. The predicted molar refractivity (Wildman–Crippen MR) is 170 cm³/mol. The number of fused-ring (bicyclic) bond motifs is 1. The maximum atomic E-state index is 14.0. The largest absolute Gasteiger partial charge is 0.493 e. The molecule has 0 radical (unpaired) electrons. The van der Waals surface area contributed by atoms with Crippen LogP contribution in [-0.4, -0.2) is 38.3 Å². The van der Waals surface area contributed by atoms with E-state index in [-0.39, 0.29) is 18.8 Å². The number of methoxy groups -OCH3 is 1. The number of hydrogen-bond donors (Lipinski definition) is 0. The molecule has 44 heavy (non-hydrogen) atoms. The van der Waals surface area contributed by atoms with E-state index in [0.717, 1.165) is 22.4 Å². The highest BCUT2D eigenvalue weighted by atomic mass is 32.1. The van der Waals surface area contributed by atoms with Crippen LogP contribution in [0.5, 0.6) is 11.5 Å². The molecule has 5 rings (SSSR count). The van der Waals surface area contributed by atoms with Crippen LogP contribution >= 0.6 is 11.3 Å². The van der Waals surface area contributed by atoms with Gasteiger partial charge in [-0.1, -0.05) is 47.7 Å². The van der Waals surface area contributed by atoms with Crippen LogP contribution in [0.25, 0.3) is 6.08 Å². The second-order valence-electron chi connectivity index (χ2n) is 10.3. The normalized spacial score (nSPS) is 14.4. The molecular formula is C34H32N4O5S. The highest BCUT2D eigenvalue weighted by molar-refractivity contribution is 7.07. The average molecular weight is 609 g/mol. The maximum Gasteiger partial charge on any atom is 0.338 e. The highest BCUT2D eigenvalue weighted by Crippen LogP contribution is 2.32. The lowest BCUT2D eigenvalue weighted by Gasteiger charge is -2.25. The summed E-state index contributed by atoms with van der Waals surface area (Å²) in [6, 6.07) is 21.9. The molecule has 10 heteroatoms. The van der Waals surface area contributed by atoms with E-state index in [4.69, 9.17) is 14.2 Å². The van der Waals surface area contributed by atoms with Crippen molar-refractivity contribution >= 4 is 29.1 Å². The summed E-state index contributed by atoms with van der Waals surface area (Å²) < 4.78 is 19.0. The van der Waals surface area contributed by atoms with E-state index in [1.807, 2.05) is 67.5 Å². The zero-order valence-electron chi connectivity index (χ0n) is 25.2. The first-order chi connectivity index (χ1) is 21.2. The number of hydrogen-bond acceptors (Lipinski definition) is 9. The van der Waals surface area contributed by atoms with E-state index in [1.165, 1.54) is 11.3 Å². The minimum Gasteiger partial charge on any atom is -0.493 e. The Hall–Kier alpha value is -5.14. The van der Waals surface area contributed by atoms with Gasteiger partial charge in [0, 0.05) is 25.3 Å². The quantitative estimate of drug-likeness (QED) is 0.261. The van der Waals surface area contributed by atoms with E-state index < -0.39 is 12.0 Å². The van der Waals surface area contributed by atoms with Crippen molar-refractivity contribution in [2.24, 2.45) is 4.99 Å². The van der Waals surface area contributed by atoms with Crippen LogP contribution in [0.15, 0.2) is 87.8 Å². The molecule has 0 unspecified atom stereocenters. The van der Waals surface area contributed by atoms with Crippen molar-refractivity contribution in [2.75, 3.05) is 32.7 Å². The molecule has 9 nitrogen and oxygen atoms in total. The first-order valence-electron chi connectivity index (χ1n) is 14.0. The standard InChI is InChI=1S/C34H32N4O5S/c1-6-42-33(40)30-21(2)36-34-38(31(30)23-12-14-26(15-13-23)37(3)4)32(39)29(44-34)18-22-11-16-27(28(17-22)41-5)43-20-25-10-8-7-9-24(25)19-35/h7-18,31H,6,20H2,1-5H3/b29-18+/t31-/m1/s1. The monoisotopic (exact) mass is 608 g/mol. The van der Waals surface area contributed by atoms with Crippen LogP contribution in [0.2, 0.25) is 0 Å². The molecule has 0 spiro atoms. The lowest BCUT2D eigenvalue weighted by Crippen LogP contribution is -2.39. The summed E-state index contributed by atoms with van der Waals surface area (Å²) in [5.74, 6) is 0.498. The van der Waals surface area contributed by atoms with Gasteiger partial charge >= 0.3 is 5.97 Å². The summed E-state index contributed by atoms with van der Waals surface area (Å²) >= 11 is 1.25. The minimum absolute atomic E-state index is 0.204. The van der Waals surface area contributed by atoms with Gasteiger partial charge in [0.2, 0.25) is 0 Å². The van der Waals surface area contributed by atoms with E-state index in [9.17, 15) is 14.9 Å². The summed E-state index contributed by atoms with van der Waals surface area (Å²) in [6.45, 7) is 3.93. The van der Waals surface area contributed by atoms with Gasteiger partial charge in [-0.05, 0) is 61.4 Å². The van der Waals surface area contributed by atoms with Crippen molar-refractivity contribution in [3.63, 3.8) is 0 Å². The number of esters is 1. The molecule has 0 amide bonds. The number of carbonyl (C=O) groups is 1. The third-order valence-corrected chi connectivity index (χ3v) is 8.23. The first kappa shape index (κ1) is 30.3. The summed E-state index contributed by atoms with van der Waals surface area (Å²) in [5, 5.41) is 9.37. The molecule has 1 aromatic heterocycles. The third kappa shape index (κ3) is 6.00. The number of benzene rings is 3. The molecule has 0 fully saturated rings. The number of nitriles is 1. The molecule has 1 aliphatic rings. The zero-order valence-corrected chi connectivity index (χ0v) is 26.0. The summed E-state index contributed by atoms with van der Waals surface area (Å²) in [5.41, 5.74) is 4.40. The molecule has 1 aliphatic heterocycles. The molecule has 0 N–H and O–H groups in total. The summed E-state index contributed by atoms with van der Waals surface area (Å²) in [4.78, 5) is 34.3. The van der Waals surface area contributed by atoms with E-state index >= 15 is 0 Å². The summed E-state index contributed by atoms with van der Waals surface area (Å²) in [7, 11) is 5.45. The van der Waals surface area contributed by atoms with E-state index in [2.05, 4.69) is 11.1 Å². The summed E-state index contributed by atoms with van der Waals surface area (Å²) in [6.07, 6.45) is 1.77. The van der Waals surface area contributed by atoms with Crippen LogP contribution in [0.1, 0.15) is 42.1 Å². The van der Waals surface area contributed by atoms with Crippen LogP contribution < -0.4 is 29.3 Å². The number of rotatable bonds is 9. The van der Waals surface area contributed by atoms with Crippen molar-refractivity contribution in [1.29, 1.82) is 5.26 Å². The molecule has 3 aromatic carbocycles. The van der Waals surface area contributed by atoms with Gasteiger partial charge in [-0.2, -0.15) is 5.26 Å². The Balaban J connectivity index is 1.54. The first-order valence-corrected chi connectivity index (χ1v) is 14.8. The Bertz CT molecular complexity index is 1970. The Labute approximate surface area is 259 Å². The molecule has 224 valence electrons. The van der Waals surface area contributed by atoms with Gasteiger partial charge < -0.3 is 19.1 Å². The number of carbonyl (C=O) groups excluding carboxylic acids is 1. The van der Waals surface area contributed by atoms with Gasteiger partial charge in [0.15, 0.2) is 16.3 Å². The van der Waals surface area contributed by atoms with Crippen molar-refractivity contribution in [3.8, 4) is 17.6 Å². The molecular weight excluding hydrogens is 576 g/mol. The van der Waals surface area contributed by atoms with E-state index in [1.54, 1.807) is 49.8 Å². The number of nitrogens with zero attached hydrogens (tertiary/aromatic N) is 4. The molecule has 4 aromatic rings. The Morgan fingerprint density at radius 3 is 2.55 bits per heavy atom. The number of aromatic nitrogens is 1. The van der Waals surface area contributed by atoms with Crippen LogP contribution in [0.3, 0.4) is 0 Å². The molecule has 0 bridgehead atoms. The van der Waals surface area contributed by atoms with Gasteiger partial charge in [0.25, 0.3) is 5.56 Å². The average Bonchev–Trinajstić information content (AvgIpc) is 3.33. The molecule has 0 aliphatic carbocycles. The number of allylic oxidation sites excluding steroid dienone is 1. The fourth-order valence-electron chi connectivity index (χ4n) is 5.02. The third-order valence-electron chi connectivity index (χ3n) is 7.25. The van der Waals surface area contributed by atoms with Crippen molar-refractivity contribution in [2.45, 2.75) is 26.5 Å². The Kier molecular flexibility index (Phi) is 8.97. The fraction of sp³-hybridized carbons (Fsp3) is 0.235. The number of ether oxygens (including phenoxy) is 3. The van der Waals surface area contributed by atoms with E-state index in [0.29, 0.717) is 37.7 Å². The maximum absolute atomic E-state index is 14.0. The van der Waals surface area contributed by atoms with Crippen molar-refractivity contribution in [1.82, 2.24) is 4.57 Å². The smallest absolute Gasteiger partial charge is 0.338 e. The lowest BCUT2D eigenvalue weighted by atomic mass is 9.95. The SMILES string of the molecule is CCOC(=O)C1=C(C)N=c2s/c(=C/c3ccc(OCc4ccccc4C#N)c(OC)c3)c(=O)n2[C@@H]1c1ccc(N(C)C)cc1. The van der Waals surface area contributed by atoms with Gasteiger partial charge in [0.1, 0.15) is 6.61 Å². The van der Waals surface area contributed by atoms with Crippen molar-refractivity contribution < 1.29 is 19.0 Å². The number of anilines is 1. The van der Waals surface area contributed by atoms with Gasteiger partial charge in [-0.25, -0.2) is 9.79 Å². The second-order valence-corrected chi connectivity index (χ2v) is 11.3. The minimum atomic E-state index is -0.690. The molecule has 2 heterocycles. The zero-order chi connectivity index (χ0) is 31.4.